The first-order chi connectivity index (χ1) is 11.2. The van der Waals surface area contributed by atoms with Gasteiger partial charge in [-0.05, 0) is 12.1 Å². The number of rotatable bonds is 2. The lowest BCUT2D eigenvalue weighted by Crippen LogP contribution is -2.25. The maximum atomic E-state index is 12.1. The van der Waals surface area contributed by atoms with Crippen LogP contribution in [0.15, 0.2) is 54.7 Å². The molecule has 1 amide bonds. The van der Waals surface area contributed by atoms with Crippen LogP contribution in [0.4, 0.5) is 5.82 Å². The second-order valence-electron chi connectivity index (χ2n) is 5.66. The summed E-state index contributed by atoms with van der Waals surface area (Å²) in [7, 11) is 1.85. The number of amides is 1. The molecule has 0 spiro atoms. The number of aryl methyl sites for hydroxylation is 1. The minimum atomic E-state index is -0.0798. The van der Waals surface area contributed by atoms with Crippen molar-refractivity contribution in [2.45, 2.75) is 12.3 Å². The predicted molar refractivity (Wildman–Crippen MR) is 88.0 cm³/mol. The number of aromatic nitrogens is 3. The molecule has 1 atom stereocenters. The molecule has 114 valence electrons. The van der Waals surface area contributed by atoms with E-state index in [4.69, 9.17) is 0 Å². The van der Waals surface area contributed by atoms with Crippen molar-refractivity contribution in [3.8, 4) is 11.3 Å². The van der Waals surface area contributed by atoms with Crippen LogP contribution in [0.2, 0.25) is 0 Å². The van der Waals surface area contributed by atoms with E-state index in [9.17, 15) is 4.79 Å². The van der Waals surface area contributed by atoms with Crippen LogP contribution in [0.1, 0.15) is 23.6 Å². The van der Waals surface area contributed by atoms with Crippen LogP contribution in [0.5, 0.6) is 0 Å². The summed E-state index contributed by atoms with van der Waals surface area (Å²) in [5, 5.41) is 7.60. The molecular formula is C18H16N4O. The SMILES string of the molecule is Cn1nc(-c2ccccc2)c2c1NC(=O)CC2c1ccccn1. The molecule has 5 heteroatoms. The maximum Gasteiger partial charge on any atom is 0.226 e. The zero-order chi connectivity index (χ0) is 15.8. The van der Waals surface area contributed by atoms with Gasteiger partial charge in [0.1, 0.15) is 5.82 Å². The fourth-order valence-electron chi connectivity index (χ4n) is 3.13. The quantitative estimate of drug-likeness (QED) is 0.792. The lowest BCUT2D eigenvalue weighted by molar-refractivity contribution is -0.116. The molecule has 1 N–H and O–H groups in total. The number of hydrogen-bond acceptors (Lipinski definition) is 3. The van der Waals surface area contributed by atoms with Crippen LogP contribution < -0.4 is 5.32 Å². The van der Waals surface area contributed by atoms with E-state index in [0.717, 1.165) is 28.3 Å². The van der Waals surface area contributed by atoms with Crippen molar-refractivity contribution in [2.24, 2.45) is 7.05 Å². The van der Waals surface area contributed by atoms with Crippen LogP contribution in [-0.2, 0) is 11.8 Å². The molecule has 1 aliphatic rings. The summed E-state index contributed by atoms with van der Waals surface area (Å²) in [4.78, 5) is 16.6. The van der Waals surface area contributed by atoms with E-state index < -0.39 is 0 Å². The van der Waals surface area contributed by atoms with E-state index in [1.54, 1.807) is 10.9 Å². The summed E-state index contributed by atoms with van der Waals surface area (Å²) >= 11 is 0. The summed E-state index contributed by atoms with van der Waals surface area (Å²) in [5.74, 6) is 0.676. The number of nitrogens with zero attached hydrogens (tertiary/aromatic N) is 3. The maximum absolute atomic E-state index is 12.1. The molecule has 3 heterocycles. The van der Waals surface area contributed by atoms with Crippen LogP contribution in [0.3, 0.4) is 0 Å². The zero-order valence-corrected chi connectivity index (χ0v) is 12.7. The molecule has 0 radical (unpaired) electrons. The van der Waals surface area contributed by atoms with E-state index in [2.05, 4.69) is 15.4 Å². The van der Waals surface area contributed by atoms with Gasteiger partial charge in [-0.25, -0.2) is 0 Å². The molecule has 4 rings (SSSR count). The average Bonchev–Trinajstić information content (AvgIpc) is 2.93. The molecule has 3 aromatic rings. The van der Waals surface area contributed by atoms with Crippen LogP contribution >= 0.6 is 0 Å². The zero-order valence-electron chi connectivity index (χ0n) is 12.7. The van der Waals surface area contributed by atoms with Gasteiger partial charge in [-0.15, -0.1) is 0 Å². The predicted octanol–water partition coefficient (Wildman–Crippen LogP) is 2.96. The second-order valence-corrected chi connectivity index (χ2v) is 5.66. The molecule has 2 aromatic heterocycles. The third kappa shape index (κ3) is 2.30. The number of carbonyl (C=O) groups is 1. The third-order valence-electron chi connectivity index (χ3n) is 4.17. The van der Waals surface area contributed by atoms with Gasteiger partial charge in [-0.3, -0.25) is 14.5 Å². The van der Waals surface area contributed by atoms with Gasteiger partial charge < -0.3 is 5.32 Å². The van der Waals surface area contributed by atoms with Crippen molar-refractivity contribution in [1.82, 2.24) is 14.8 Å². The Morgan fingerprint density at radius 2 is 1.91 bits per heavy atom. The van der Waals surface area contributed by atoms with Crippen molar-refractivity contribution in [3.63, 3.8) is 0 Å². The highest BCUT2D eigenvalue weighted by Crippen LogP contribution is 2.41. The topological polar surface area (TPSA) is 59.8 Å². The van der Waals surface area contributed by atoms with Gasteiger partial charge in [0, 0.05) is 42.4 Å². The first kappa shape index (κ1) is 13.7. The normalized spacial score (nSPS) is 16.7. The minimum Gasteiger partial charge on any atom is -0.311 e. The Morgan fingerprint density at radius 3 is 2.65 bits per heavy atom. The molecule has 23 heavy (non-hydrogen) atoms. The van der Waals surface area contributed by atoms with E-state index in [1.165, 1.54) is 0 Å². The molecule has 0 saturated heterocycles. The van der Waals surface area contributed by atoms with Crippen LogP contribution in [0.25, 0.3) is 11.3 Å². The first-order valence-electron chi connectivity index (χ1n) is 7.57. The van der Waals surface area contributed by atoms with Gasteiger partial charge in [-0.2, -0.15) is 5.10 Å². The monoisotopic (exact) mass is 304 g/mol. The molecule has 1 unspecified atom stereocenters. The summed E-state index contributed by atoms with van der Waals surface area (Å²) in [6.07, 6.45) is 2.15. The van der Waals surface area contributed by atoms with Gasteiger partial charge in [0.15, 0.2) is 0 Å². The van der Waals surface area contributed by atoms with Gasteiger partial charge >= 0.3 is 0 Å². The average molecular weight is 304 g/mol. The fraction of sp³-hybridized carbons (Fsp3) is 0.167. The van der Waals surface area contributed by atoms with Crippen LogP contribution in [0, 0.1) is 0 Å². The highest BCUT2D eigenvalue weighted by molar-refractivity contribution is 5.96. The van der Waals surface area contributed by atoms with Crippen molar-refractivity contribution in [3.05, 3.63) is 66.0 Å². The number of hydrogen-bond donors (Lipinski definition) is 1. The summed E-state index contributed by atoms with van der Waals surface area (Å²) in [6.45, 7) is 0. The van der Waals surface area contributed by atoms with E-state index in [0.29, 0.717) is 6.42 Å². The number of pyridine rings is 1. The molecule has 0 bridgehead atoms. The van der Waals surface area contributed by atoms with Gasteiger partial charge in [-0.1, -0.05) is 36.4 Å². The number of nitrogens with one attached hydrogen (secondary N) is 1. The number of anilines is 1. The highest BCUT2D eigenvalue weighted by Gasteiger charge is 2.33. The lowest BCUT2D eigenvalue weighted by Gasteiger charge is -2.23. The largest absolute Gasteiger partial charge is 0.311 e. The van der Waals surface area contributed by atoms with Gasteiger partial charge in [0.2, 0.25) is 5.91 Å². The molecule has 0 fully saturated rings. The Labute approximate surface area is 134 Å². The molecule has 1 aliphatic heterocycles. The molecule has 5 nitrogen and oxygen atoms in total. The van der Waals surface area contributed by atoms with Crippen molar-refractivity contribution >= 4 is 11.7 Å². The Balaban J connectivity index is 1.93. The van der Waals surface area contributed by atoms with E-state index in [1.807, 2.05) is 55.6 Å². The Kier molecular flexibility index (Phi) is 3.19. The Hall–Kier alpha value is -2.95. The van der Waals surface area contributed by atoms with Crippen LogP contribution in [-0.4, -0.2) is 20.7 Å². The standard InChI is InChI=1S/C18H16N4O/c1-22-18-16(17(21-22)12-7-3-2-4-8-12)13(11-15(23)20-18)14-9-5-6-10-19-14/h2-10,13H,11H2,1H3,(H,20,23). The van der Waals surface area contributed by atoms with E-state index >= 15 is 0 Å². The summed E-state index contributed by atoms with van der Waals surface area (Å²) in [6, 6.07) is 15.8. The number of fused-ring (bicyclic) bond motifs is 1. The highest BCUT2D eigenvalue weighted by atomic mass is 16.1. The van der Waals surface area contributed by atoms with Gasteiger partial charge in [0.05, 0.1) is 5.69 Å². The van der Waals surface area contributed by atoms with Crippen molar-refractivity contribution in [2.75, 3.05) is 5.32 Å². The Bertz CT molecular complexity index is 855. The minimum absolute atomic E-state index is 0.00392. The van der Waals surface area contributed by atoms with Crippen molar-refractivity contribution in [1.29, 1.82) is 0 Å². The van der Waals surface area contributed by atoms with Crippen molar-refractivity contribution < 1.29 is 4.79 Å². The third-order valence-corrected chi connectivity index (χ3v) is 4.17. The molecule has 0 saturated carbocycles. The van der Waals surface area contributed by atoms with Gasteiger partial charge in [0.25, 0.3) is 0 Å². The Morgan fingerprint density at radius 1 is 1.13 bits per heavy atom. The summed E-state index contributed by atoms with van der Waals surface area (Å²) < 4.78 is 1.74. The number of benzene rings is 1. The smallest absolute Gasteiger partial charge is 0.226 e. The number of carbonyl (C=O) groups excluding carboxylic acids is 1. The fourth-order valence-corrected chi connectivity index (χ4v) is 3.13. The summed E-state index contributed by atoms with van der Waals surface area (Å²) in [5.41, 5.74) is 3.88. The molecule has 1 aromatic carbocycles. The lowest BCUT2D eigenvalue weighted by atomic mass is 9.87. The molecular weight excluding hydrogens is 288 g/mol. The molecule has 0 aliphatic carbocycles. The second kappa shape index (κ2) is 5.35. The first-order valence-corrected chi connectivity index (χ1v) is 7.57. The van der Waals surface area contributed by atoms with E-state index in [-0.39, 0.29) is 11.8 Å².